The first kappa shape index (κ1) is 20.1. The molecule has 1 saturated heterocycles. The Morgan fingerprint density at radius 1 is 1.04 bits per heavy atom. The summed E-state index contributed by atoms with van der Waals surface area (Å²) in [5, 5.41) is 2.89. The third kappa shape index (κ3) is 5.21. The van der Waals surface area contributed by atoms with Crippen molar-refractivity contribution < 1.29 is 18.7 Å². The van der Waals surface area contributed by atoms with Crippen LogP contribution in [0.25, 0.3) is 0 Å². The number of nitrogens with zero attached hydrogens (tertiary/aromatic N) is 2. The van der Waals surface area contributed by atoms with Gasteiger partial charge in [0.05, 0.1) is 26.5 Å². The smallest absolute Gasteiger partial charge is 0.238 e. The fraction of sp³-hybridized carbons (Fsp3) is 0.381. The van der Waals surface area contributed by atoms with Crippen LogP contribution in [0.4, 0.5) is 10.1 Å². The highest BCUT2D eigenvalue weighted by molar-refractivity contribution is 5.94. The monoisotopic (exact) mass is 387 g/mol. The molecule has 0 radical (unpaired) electrons. The maximum atomic E-state index is 13.8. The lowest BCUT2D eigenvalue weighted by Gasteiger charge is -2.34. The van der Waals surface area contributed by atoms with Gasteiger partial charge in [-0.1, -0.05) is 18.2 Å². The van der Waals surface area contributed by atoms with Crippen LogP contribution in [-0.4, -0.2) is 62.7 Å². The van der Waals surface area contributed by atoms with Gasteiger partial charge in [-0.25, -0.2) is 4.39 Å². The van der Waals surface area contributed by atoms with Gasteiger partial charge in [-0.2, -0.15) is 0 Å². The van der Waals surface area contributed by atoms with Crippen LogP contribution >= 0.6 is 0 Å². The molecular formula is C21H26FN3O3. The van der Waals surface area contributed by atoms with Crippen LogP contribution in [0.3, 0.4) is 0 Å². The second-order valence-corrected chi connectivity index (χ2v) is 6.76. The molecule has 1 heterocycles. The molecule has 2 aromatic rings. The molecule has 0 saturated carbocycles. The van der Waals surface area contributed by atoms with E-state index in [1.165, 1.54) is 6.07 Å². The zero-order chi connectivity index (χ0) is 19.9. The molecule has 1 aliphatic heterocycles. The van der Waals surface area contributed by atoms with E-state index >= 15 is 0 Å². The van der Waals surface area contributed by atoms with Crippen molar-refractivity contribution in [2.75, 3.05) is 52.3 Å². The summed E-state index contributed by atoms with van der Waals surface area (Å²) in [5.41, 5.74) is 1.30. The molecule has 1 fully saturated rings. The average molecular weight is 387 g/mol. The number of carbonyl (C=O) groups is 1. The number of methoxy groups -OCH3 is 2. The van der Waals surface area contributed by atoms with Crippen molar-refractivity contribution in [1.29, 1.82) is 0 Å². The summed E-state index contributed by atoms with van der Waals surface area (Å²) in [6, 6.07) is 12.1. The number of halogens is 1. The number of benzene rings is 2. The normalized spacial score (nSPS) is 15.2. The quantitative estimate of drug-likeness (QED) is 0.792. The van der Waals surface area contributed by atoms with Crippen LogP contribution in [0.1, 0.15) is 5.56 Å². The number of hydrogen-bond acceptors (Lipinski definition) is 5. The van der Waals surface area contributed by atoms with E-state index in [1.54, 1.807) is 38.5 Å². The fourth-order valence-electron chi connectivity index (χ4n) is 3.28. The Kier molecular flexibility index (Phi) is 6.84. The minimum Gasteiger partial charge on any atom is -0.497 e. The van der Waals surface area contributed by atoms with Gasteiger partial charge in [0.2, 0.25) is 5.91 Å². The zero-order valence-electron chi connectivity index (χ0n) is 16.3. The van der Waals surface area contributed by atoms with E-state index in [9.17, 15) is 9.18 Å². The topological polar surface area (TPSA) is 54.0 Å². The SMILES string of the molecule is COc1ccc(OC)c(NC(=O)CN2CCN(Cc3ccccc3F)CC2)c1. The Morgan fingerprint density at radius 3 is 2.43 bits per heavy atom. The first-order valence-electron chi connectivity index (χ1n) is 9.29. The molecule has 2 aromatic carbocycles. The number of rotatable bonds is 7. The lowest BCUT2D eigenvalue weighted by molar-refractivity contribution is -0.117. The van der Waals surface area contributed by atoms with E-state index in [4.69, 9.17) is 9.47 Å². The lowest BCUT2D eigenvalue weighted by Crippen LogP contribution is -2.48. The molecule has 0 unspecified atom stereocenters. The van der Waals surface area contributed by atoms with E-state index in [0.717, 1.165) is 26.2 Å². The molecule has 7 heteroatoms. The first-order chi connectivity index (χ1) is 13.6. The van der Waals surface area contributed by atoms with Crippen molar-refractivity contribution in [2.24, 2.45) is 0 Å². The van der Waals surface area contributed by atoms with E-state index in [1.807, 2.05) is 12.1 Å². The largest absolute Gasteiger partial charge is 0.497 e. The molecule has 28 heavy (non-hydrogen) atoms. The van der Waals surface area contributed by atoms with E-state index in [2.05, 4.69) is 15.1 Å². The molecule has 0 bridgehead atoms. The van der Waals surface area contributed by atoms with Crippen LogP contribution in [0.5, 0.6) is 11.5 Å². The molecule has 0 spiro atoms. The van der Waals surface area contributed by atoms with Crippen molar-refractivity contribution in [3.8, 4) is 11.5 Å². The van der Waals surface area contributed by atoms with E-state index in [0.29, 0.717) is 35.8 Å². The number of nitrogens with one attached hydrogen (secondary N) is 1. The summed E-state index contributed by atoms with van der Waals surface area (Å²) in [6.07, 6.45) is 0. The van der Waals surface area contributed by atoms with Crippen molar-refractivity contribution in [2.45, 2.75) is 6.54 Å². The van der Waals surface area contributed by atoms with Crippen LogP contribution in [0.15, 0.2) is 42.5 Å². The van der Waals surface area contributed by atoms with Gasteiger partial charge in [0.15, 0.2) is 0 Å². The van der Waals surface area contributed by atoms with Gasteiger partial charge < -0.3 is 14.8 Å². The lowest BCUT2D eigenvalue weighted by atomic mass is 10.2. The van der Waals surface area contributed by atoms with Gasteiger partial charge in [0.1, 0.15) is 17.3 Å². The zero-order valence-corrected chi connectivity index (χ0v) is 16.3. The van der Waals surface area contributed by atoms with E-state index in [-0.39, 0.29) is 11.7 Å². The number of carbonyl (C=O) groups excluding carboxylic acids is 1. The molecular weight excluding hydrogens is 361 g/mol. The van der Waals surface area contributed by atoms with Crippen LogP contribution in [0, 0.1) is 5.82 Å². The Balaban J connectivity index is 1.49. The van der Waals surface area contributed by atoms with Gasteiger partial charge >= 0.3 is 0 Å². The standard InChI is InChI=1S/C21H26FN3O3/c1-27-17-7-8-20(28-2)19(13-17)23-21(26)15-25-11-9-24(10-12-25)14-16-5-3-4-6-18(16)22/h3-8,13H,9-12,14-15H2,1-2H3,(H,23,26). The van der Waals surface area contributed by atoms with Gasteiger partial charge in [-0.3, -0.25) is 14.6 Å². The number of anilines is 1. The Bertz CT molecular complexity index is 807. The Hall–Kier alpha value is -2.64. The molecule has 0 atom stereocenters. The molecule has 150 valence electrons. The molecule has 0 aliphatic carbocycles. The highest BCUT2D eigenvalue weighted by Crippen LogP contribution is 2.28. The van der Waals surface area contributed by atoms with Crippen LogP contribution < -0.4 is 14.8 Å². The predicted molar refractivity (Wildman–Crippen MR) is 106 cm³/mol. The molecule has 1 aliphatic rings. The summed E-state index contributed by atoms with van der Waals surface area (Å²) in [6.45, 7) is 4.00. The van der Waals surface area contributed by atoms with Crippen molar-refractivity contribution in [1.82, 2.24) is 9.80 Å². The highest BCUT2D eigenvalue weighted by atomic mass is 19.1. The minimum absolute atomic E-state index is 0.103. The molecule has 6 nitrogen and oxygen atoms in total. The predicted octanol–water partition coefficient (Wildman–Crippen LogP) is 2.60. The number of amides is 1. The van der Waals surface area contributed by atoms with Crippen LogP contribution in [-0.2, 0) is 11.3 Å². The number of hydrogen-bond donors (Lipinski definition) is 1. The van der Waals surface area contributed by atoms with E-state index < -0.39 is 0 Å². The minimum atomic E-state index is -0.170. The molecule has 1 N–H and O–H groups in total. The number of ether oxygens (including phenoxy) is 2. The van der Waals surface area contributed by atoms with Crippen molar-refractivity contribution in [3.05, 3.63) is 53.8 Å². The fourth-order valence-corrected chi connectivity index (χ4v) is 3.28. The van der Waals surface area contributed by atoms with Crippen LogP contribution in [0.2, 0.25) is 0 Å². The average Bonchev–Trinajstić information content (AvgIpc) is 2.71. The third-order valence-electron chi connectivity index (χ3n) is 4.86. The van der Waals surface area contributed by atoms with Crippen molar-refractivity contribution >= 4 is 11.6 Å². The Labute approximate surface area is 164 Å². The second kappa shape index (κ2) is 9.52. The summed E-state index contributed by atoms with van der Waals surface area (Å²) in [4.78, 5) is 16.8. The van der Waals surface area contributed by atoms with Gasteiger partial charge in [0.25, 0.3) is 0 Å². The summed E-state index contributed by atoms with van der Waals surface area (Å²) in [7, 11) is 3.14. The first-order valence-corrected chi connectivity index (χ1v) is 9.29. The number of piperazine rings is 1. The van der Waals surface area contributed by atoms with Gasteiger partial charge in [0, 0.05) is 44.4 Å². The molecule has 1 amide bonds. The maximum absolute atomic E-state index is 13.8. The Morgan fingerprint density at radius 2 is 1.75 bits per heavy atom. The summed E-state index contributed by atoms with van der Waals surface area (Å²) < 4.78 is 24.3. The second-order valence-electron chi connectivity index (χ2n) is 6.76. The maximum Gasteiger partial charge on any atom is 0.238 e. The van der Waals surface area contributed by atoms with Gasteiger partial charge in [-0.05, 0) is 18.2 Å². The molecule has 3 rings (SSSR count). The summed E-state index contributed by atoms with van der Waals surface area (Å²) >= 11 is 0. The summed E-state index contributed by atoms with van der Waals surface area (Å²) in [5.74, 6) is 0.965. The van der Waals surface area contributed by atoms with Crippen molar-refractivity contribution in [3.63, 3.8) is 0 Å². The third-order valence-corrected chi connectivity index (χ3v) is 4.86. The van der Waals surface area contributed by atoms with Gasteiger partial charge in [-0.15, -0.1) is 0 Å². The highest BCUT2D eigenvalue weighted by Gasteiger charge is 2.20. The molecule has 0 aromatic heterocycles.